The average molecular weight is 901 g/mol. The van der Waals surface area contributed by atoms with Gasteiger partial charge in [-0.05, 0) is 32.1 Å². The maximum atomic E-state index is 12.5. The highest BCUT2D eigenvalue weighted by Gasteiger charge is 2.18. The highest BCUT2D eigenvalue weighted by Crippen LogP contribution is 2.18. The predicted molar refractivity (Wildman–Crippen MR) is 286 cm³/mol. The number of carbonyl (C=O) groups is 1. The van der Waals surface area contributed by atoms with Gasteiger partial charge in [-0.25, -0.2) is 0 Å². The van der Waals surface area contributed by atoms with Gasteiger partial charge in [0.1, 0.15) is 0 Å². The summed E-state index contributed by atoms with van der Waals surface area (Å²) in [6.07, 6.45) is 75.0. The van der Waals surface area contributed by atoms with Crippen LogP contribution in [0.4, 0.5) is 0 Å². The van der Waals surface area contributed by atoms with Gasteiger partial charge in [-0.3, -0.25) is 4.79 Å². The second kappa shape index (κ2) is 56.2. The van der Waals surface area contributed by atoms with Crippen molar-refractivity contribution < 1.29 is 15.0 Å². The minimum Gasteiger partial charge on any atom is -0.394 e. The molecule has 0 spiro atoms. The number of carbonyl (C=O) groups excluding carboxylic acids is 1. The van der Waals surface area contributed by atoms with E-state index in [2.05, 4.69) is 31.3 Å². The van der Waals surface area contributed by atoms with Crippen LogP contribution in [0.2, 0.25) is 0 Å². The Labute approximate surface area is 402 Å². The summed E-state index contributed by atoms with van der Waals surface area (Å²) < 4.78 is 0. The number of unbranched alkanes of at least 4 members (excludes halogenated alkanes) is 46. The van der Waals surface area contributed by atoms with Crippen molar-refractivity contribution in [2.75, 3.05) is 6.61 Å². The maximum Gasteiger partial charge on any atom is 0.220 e. The molecule has 0 aromatic rings. The first-order valence-corrected chi connectivity index (χ1v) is 29.6. The van der Waals surface area contributed by atoms with E-state index in [1.54, 1.807) is 6.08 Å². The van der Waals surface area contributed by atoms with E-state index >= 15 is 0 Å². The monoisotopic (exact) mass is 900 g/mol. The molecule has 4 nitrogen and oxygen atoms in total. The molecule has 0 bridgehead atoms. The van der Waals surface area contributed by atoms with Crippen molar-refractivity contribution in [1.82, 2.24) is 5.32 Å². The Balaban J connectivity index is 3.48. The first kappa shape index (κ1) is 62.9. The largest absolute Gasteiger partial charge is 0.394 e. The van der Waals surface area contributed by atoms with Crippen LogP contribution in [0.1, 0.15) is 335 Å². The lowest BCUT2D eigenvalue weighted by Gasteiger charge is -2.19. The van der Waals surface area contributed by atoms with Gasteiger partial charge in [0.25, 0.3) is 0 Å². The first-order chi connectivity index (χ1) is 31.7. The van der Waals surface area contributed by atoms with Gasteiger partial charge < -0.3 is 15.5 Å². The van der Waals surface area contributed by atoms with Gasteiger partial charge in [-0.2, -0.15) is 0 Å². The van der Waals surface area contributed by atoms with Gasteiger partial charge in [0, 0.05) is 6.42 Å². The summed E-state index contributed by atoms with van der Waals surface area (Å²) in [4.78, 5) is 12.5. The first-order valence-electron chi connectivity index (χ1n) is 29.6. The minimum atomic E-state index is -0.860. The van der Waals surface area contributed by atoms with E-state index in [0.717, 1.165) is 32.1 Å². The molecule has 0 fully saturated rings. The lowest BCUT2D eigenvalue weighted by Crippen LogP contribution is -2.45. The average Bonchev–Trinajstić information content (AvgIpc) is 3.30. The summed E-state index contributed by atoms with van der Waals surface area (Å²) in [6, 6.07) is -0.636. The molecule has 0 heterocycles. The standard InChI is InChI=1S/C60H117NO3/c1-3-5-7-9-11-13-15-17-19-21-23-25-27-29-30-31-32-33-35-37-39-41-43-45-47-49-51-53-55-59(63)58(57-62)61-60(64)56-54-52-50-48-46-44-42-40-38-36-34-28-26-24-22-20-18-16-14-12-10-8-6-4-2/h45,47,53,55,58-59,62-63H,3-44,46,48-52,54,56-57H2,1-2H3,(H,61,64)/b47-45+,55-53+. The molecule has 0 aromatic carbocycles. The molecule has 0 radical (unpaired) electrons. The van der Waals surface area contributed by atoms with Crippen molar-refractivity contribution in [2.24, 2.45) is 0 Å². The van der Waals surface area contributed by atoms with Gasteiger partial charge in [-0.15, -0.1) is 0 Å². The fourth-order valence-corrected chi connectivity index (χ4v) is 9.43. The molecular formula is C60H117NO3. The van der Waals surface area contributed by atoms with Crippen LogP contribution in [0, 0.1) is 0 Å². The summed E-state index contributed by atoms with van der Waals surface area (Å²) in [6.45, 7) is 4.34. The summed E-state index contributed by atoms with van der Waals surface area (Å²) in [5.74, 6) is -0.0661. The number of aliphatic hydroxyl groups excluding tert-OH is 2. The van der Waals surface area contributed by atoms with Crippen molar-refractivity contribution in [3.05, 3.63) is 24.3 Å². The van der Waals surface area contributed by atoms with Crippen LogP contribution >= 0.6 is 0 Å². The fraction of sp³-hybridized carbons (Fsp3) is 0.917. The fourth-order valence-electron chi connectivity index (χ4n) is 9.43. The summed E-state index contributed by atoms with van der Waals surface area (Å²) in [7, 11) is 0. The molecule has 0 aliphatic carbocycles. The third-order valence-corrected chi connectivity index (χ3v) is 13.9. The smallest absolute Gasteiger partial charge is 0.220 e. The Morgan fingerprint density at radius 2 is 0.609 bits per heavy atom. The molecule has 380 valence electrons. The van der Waals surface area contributed by atoms with E-state index in [0.29, 0.717) is 6.42 Å². The quantitative estimate of drug-likeness (QED) is 0.0421. The van der Waals surface area contributed by atoms with Gasteiger partial charge >= 0.3 is 0 Å². The third kappa shape index (κ3) is 51.8. The van der Waals surface area contributed by atoms with Crippen LogP contribution < -0.4 is 5.32 Å². The Morgan fingerprint density at radius 3 is 0.906 bits per heavy atom. The molecule has 4 heteroatoms. The number of nitrogens with one attached hydrogen (secondary N) is 1. The summed E-state index contributed by atoms with van der Waals surface area (Å²) in [5.41, 5.74) is 0. The molecule has 0 saturated heterocycles. The number of allylic oxidation sites excluding steroid dienone is 3. The Kier molecular flexibility index (Phi) is 55.2. The molecule has 0 saturated carbocycles. The highest BCUT2D eigenvalue weighted by atomic mass is 16.3. The Hall–Kier alpha value is -1.13. The van der Waals surface area contributed by atoms with Crippen LogP contribution in [0.5, 0.6) is 0 Å². The van der Waals surface area contributed by atoms with Crippen LogP contribution in [0.25, 0.3) is 0 Å². The normalized spacial score (nSPS) is 12.9. The molecule has 0 aliphatic rings. The van der Waals surface area contributed by atoms with Crippen LogP contribution in [-0.4, -0.2) is 34.9 Å². The molecule has 2 atom stereocenters. The number of hydrogen-bond acceptors (Lipinski definition) is 3. The van der Waals surface area contributed by atoms with Crippen molar-refractivity contribution in [2.45, 2.75) is 347 Å². The van der Waals surface area contributed by atoms with Gasteiger partial charge in [0.05, 0.1) is 18.8 Å². The van der Waals surface area contributed by atoms with Crippen LogP contribution in [0.15, 0.2) is 24.3 Å². The summed E-state index contributed by atoms with van der Waals surface area (Å²) in [5, 5.41) is 23.2. The molecule has 0 aromatic heterocycles. The van der Waals surface area contributed by atoms with E-state index < -0.39 is 12.1 Å². The van der Waals surface area contributed by atoms with Crippen molar-refractivity contribution >= 4 is 5.91 Å². The van der Waals surface area contributed by atoms with Gasteiger partial charge in [-0.1, -0.05) is 321 Å². The number of amides is 1. The minimum absolute atomic E-state index is 0.0661. The molecule has 1 amide bonds. The molecule has 64 heavy (non-hydrogen) atoms. The lowest BCUT2D eigenvalue weighted by atomic mass is 10.0. The second-order valence-electron chi connectivity index (χ2n) is 20.4. The zero-order chi connectivity index (χ0) is 46.3. The Morgan fingerprint density at radius 1 is 0.359 bits per heavy atom. The van der Waals surface area contributed by atoms with E-state index in [1.807, 2.05) is 6.08 Å². The van der Waals surface area contributed by atoms with Crippen LogP contribution in [0.3, 0.4) is 0 Å². The predicted octanol–water partition coefficient (Wildman–Crippen LogP) is 19.5. The maximum absolute atomic E-state index is 12.5. The Bertz CT molecular complexity index is 932. The molecular weight excluding hydrogens is 783 g/mol. The van der Waals surface area contributed by atoms with Gasteiger partial charge in [0.2, 0.25) is 5.91 Å². The van der Waals surface area contributed by atoms with E-state index in [1.165, 1.54) is 283 Å². The molecule has 0 aliphatic heterocycles. The molecule has 3 N–H and O–H groups in total. The van der Waals surface area contributed by atoms with Crippen molar-refractivity contribution in [1.29, 1.82) is 0 Å². The molecule has 2 unspecified atom stereocenters. The van der Waals surface area contributed by atoms with E-state index in [-0.39, 0.29) is 12.5 Å². The topological polar surface area (TPSA) is 69.6 Å². The number of hydrogen-bond donors (Lipinski definition) is 3. The zero-order valence-corrected chi connectivity index (χ0v) is 43.8. The second-order valence-corrected chi connectivity index (χ2v) is 20.4. The SMILES string of the molecule is CCCCCCCCCCCCCCCCCCCCCCCC/C=C/CC/C=C/C(O)C(CO)NC(=O)CCCCCCCCCCCCCCCCCCCCCCCCCC. The van der Waals surface area contributed by atoms with Gasteiger partial charge in [0.15, 0.2) is 0 Å². The third-order valence-electron chi connectivity index (χ3n) is 13.9. The van der Waals surface area contributed by atoms with E-state index in [9.17, 15) is 15.0 Å². The lowest BCUT2D eigenvalue weighted by molar-refractivity contribution is -0.123. The van der Waals surface area contributed by atoms with E-state index in [4.69, 9.17) is 0 Å². The summed E-state index contributed by atoms with van der Waals surface area (Å²) >= 11 is 0. The van der Waals surface area contributed by atoms with Crippen molar-refractivity contribution in [3.63, 3.8) is 0 Å². The van der Waals surface area contributed by atoms with Crippen molar-refractivity contribution in [3.8, 4) is 0 Å². The number of rotatable bonds is 55. The highest BCUT2D eigenvalue weighted by molar-refractivity contribution is 5.76. The van der Waals surface area contributed by atoms with Crippen LogP contribution in [-0.2, 0) is 4.79 Å². The zero-order valence-electron chi connectivity index (χ0n) is 43.8. The number of aliphatic hydroxyl groups is 2. The molecule has 0 rings (SSSR count).